The van der Waals surface area contributed by atoms with Crippen LogP contribution < -0.4 is 10.1 Å². The number of para-hydroxylation sites is 2. The lowest BCUT2D eigenvalue weighted by Gasteiger charge is -2.33. The van der Waals surface area contributed by atoms with Crippen LogP contribution >= 0.6 is 34.7 Å². The Labute approximate surface area is 248 Å². The second kappa shape index (κ2) is 13.6. The van der Waals surface area contributed by atoms with Crippen molar-refractivity contribution < 1.29 is 9.53 Å². The number of hydrogen-bond donors (Lipinski definition) is 1. The molecule has 0 saturated carbocycles. The summed E-state index contributed by atoms with van der Waals surface area (Å²) in [6.07, 6.45) is 4.80. The van der Waals surface area contributed by atoms with Gasteiger partial charge in [0.25, 0.3) is 5.91 Å². The van der Waals surface area contributed by atoms with Crippen molar-refractivity contribution in [3.05, 3.63) is 69.6 Å². The monoisotopic (exact) mass is 596 g/mol. The van der Waals surface area contributed by atoms with Gasteiger partial charge < -0.3 is 15.0 Å². The molecule has 1 saturated heterocycles. The largest absolute Gasteiger partial charge is 0.495 e. The number of hydrogen-bond acceptors (Lipinski definition) is 8. The molecule has 2 aromatic heterocycles. The van der Waals surface area contributed by atoms with Gasteiger partial charge in [-0.3, -0.25) is 9.36 Å². The summed E-state index contributed by atoms with van der Waals surface area (Å²) in [5.41, 5.74) is 2.04. The maximum Gasteiger partial charge on any atom is 0.270 e. The third-order valence-electron chi connectivity index (χ3n) is 7.03. The van der Waals surface area contributed by atoms with Gasteiger partial charge in [0.1, 0.15) is 16.5 Å². The lowest BCUT2D eigenvalue weighted by atomic mass is 10.0. The SMILES string of the molecule is COc1ccccc1-n1c(SCc2nc(C(=O)NCCCN3CCCCC3C)cs2)nnc1-c1ccccc1Cl. The first-order valence-electron chi connectivity index (χ1n) is 13.5. The molecule has 210 valence electrons. The Morgan fingerprint density at radius 3 is 2.83 bits per heavy atom. The highest BCUT2D eigenvalue weighted by molar-refractivity contribution is 7.98. The molecule has 0 aliphatic carbocycles. The molecular weight excluding hydrogens is 564 g/mol. The van der Waals surface area contributed by atoms with Crippen LogP contribution in [0.1, 0.15) is 48.1 Å². The van der Waals surface area contributed by atoms with E-state index >= 15 is 0 Å². The van der Waals surface area contributed by atoms with Crippen molar-refractivity contribution in [3.63, 3.8) is 0 Å². The van der Waals surface area contributed by atoms with Crippen LogP contribution in [0.5, 0.6) is 5.75 Å². The van der Waals surface area contributed by atoms with Crippen molar-refractivity contribution in [2.75, 3.05) is 26.7 Å². The minimum Gasteiger partial charge on any atom is -0.495 e. The summed E-state index contributed by atoms with van der Waals surface area (Å²) in [6, 6.07) is 15.9. The number of thiazole rings is 1. The van der Waals surface area contributed by atoms with Gasteiger partial charge in [-0.25, -0.2) is 4.98 Å². The smallest absolute Gasteiger partial charge is 0.270 e. The Morgan fingerprint density at radius 2 is 2.00 bits per heavy atom. The van der Waals surface area contributed by atoms with Crippen LogP contribution in [-0.2, 0) is 5.75 Å². The first-order valence-corrected chi connectivity index (χ1v) is 15.7. The van der Waals surface area contributed by atoms with E-state index in [2.05, 4.69) is 32.3 Å². The molecule has 1 aliphatic rings. The van der Waals surface area contributed by atoms with Gasteiger partial charge in [-0.15, -0.1) is 21.5 Å². The van der Waals surface area contributed by atoms with Gasteiger partial charge in [0.05, 0.1) is 23.6 Å². The van der Waals surface area contributed by atoms with E-state index in [1.807, 2.05) is 58.5 Å². The van der Waals surface area contributed by atoms with Crippen LogP contribution in [0.25, 0.3) is 17.1 Å². The van der Waals surface area contributed by atoms with Gasteiger partial charge in [-0.1, -0.05) is 54.0 Å². The number of piperidine rings is 1. The van der Waals surface area contributed by atoms with Crippen molar-refractivity contribution in [2.24, 2.45) is 0 Å². The molecule has 0 spiro atoms. The zero-order chi connectivity index (χ0) is 27.9. The predicted octanol–water partition coefficient (Wildman–Crippen LogP) is 6.34. The van der Waals surface area contributed by atoms with Crippen molar-refractivity contribution in [1.29, 1.82) is 0 Å². The maximum atomic E-state index is 12.7. The van der Waals surface area contributed by atoms with Crippen LogP contribution in [0.3, 0.4) is 0 Å². The number of carbonyl (C=O) groups is 1. The molecule has 1 atom stereocenters. The average Bonchev–Trinajstić information content (AvgIpc) is 3.62. The number of likely N-dealkylation sites (tertiary alicyclic amines) is 1. The van der Waals surface area contributed by atoms with E-state index in [9.17, 15) is 4.79 Å². The Balaban J connectivity index is 1.25. The summed E-state index contributed by atoms with van der Waals surface area (Å²) in [7, 11) is 1.64. The van der Waals surface area contributed by atoms with E-state index in [1.165, 1.54) is 42.4 Å². The number of rotatable bonds is 11. The first kappa shape index (κ1) is 28.6. The lowest BCUT2D eigenvalue weighted by molar-refractivity contribution is 0.0944. The van der Waals surface area contributed by atoms with E-state index in [-0.39, 0.29) is 5.91 Å². The highest BCUT2D eigenvalue weighted by atomic mass is 35.5. The second-order valence-corrected chi connectivity index (χ2v) is 12.0. The molecule has 3 heterocycles. The predicted molar refractivity (Wildman–Crippen MR) is 162 cm³/mol. The molecule has 1 unspecified atom stereocenters. The molecule has 0 radical (unpaired) electrons. The van der Waals surface area contributed by atoms with Crippen LogP contribution in [-0.4, -0.2) is 63.3 Å². The number of ether oxygens (including phenoxy) is 1. The number of benzene rings is 2. The first-order chi connectivity index (χ1) is 19.5. The van der Waals surface area contributed by atoms with Crippen LogP contribution in [0, 0.1) is 0 Å². The summed E-state index contributed by atoms with van der Waals surface area (Å²) in [6.45, 7) is 5.12. The molecule has 8 nitrogen and oxygen atoms in total. The molecule has 40 heavy (non-hydrogen) atoms. The standard InChI is InChI=1S/C29H33ClN6O2S2/c1-20-10-7-8-16-35(20)17-9-15-31-28(37)23-18-39-26(32-23)19-40-29-34-33-27(21-11-3-4-12-22(21)30)36(29)24-13-5-6-14-25(24)38-2/h3-6,11-14,18,20H,7-10,15-17,19H2,1-2H3,(H,31,37). The molecule has 5 rings (SSSR count). The third-order valence-corrected chi connectivity index (χ3v) is 9.33. The van der Waals surface area contributed by atoms with E-state index in [4.69, 9.17) is 16.3 Å². The summed E-state index contributed by atoms with van der Waals surface area (Å²) in [4.78, 5) is 19.8. The normalized spacial score (nSPS) is 15.7. The highest BCUT2D eigenvalue weighted by Gasteiger charge is 2.21. The van der Waals surface area contributed by atoms with Crippen molar-refractivity contribution in [3.8, 4) is 22.8 Å². The number of halogens is 1. The van der Waals surface area contributed by atoms with Crippen LogP contribution in [0.4, 0.5) is 0 Å². The summed E-state index contributed by atoms with van der Waals surface area (Å²) >= 11 is 9.50. The Morgan fingerprint density at radius 1 is 1.18 bits per heavy atom. The van der Waals surface area contributed by atoms with Gasteiger partial charge in [-0.2, -0.15) is 0 Å². The number of thioether (sulfide) groups is 1. The van der Waals surface area contributed by atoms with Crippen molar-refractivity contribution >= 4 is 40.6 Å². The van der Waals surface area contributed by atoms with E-state index < -0.39 is 0 Å². The number of nitrogens with zero attached hydrogens (tertiary/aromatic N) is 5. The van der Waals surface area contributed by atoms with E-state index in [0.29, 0.717) is 45.8 Å². The number of methoxy groups -OCH3 is 1. The molecule has 4 aromatic rings. The minimum absolute atomic E-state index is 0.127. The molecule has 11 heteroatoms. The van der Waals surface area contributed by atoms with Gasteiger partial charge in [0, 0.05) is 30.1 Å². The Bertz CT molecular complexity index is 1440. The molecule has 1 N–H and O–H groups in total. The second-order valence-electron chi connectivity index (χ2n) is 9.70. The zero-order valence-electron chi connectivity index (χ0n) is 22.7. The number of carbonyl (C=O) groups excluding carboxylic acids is 1. The fraction of sp³-hybridized carbons (Fsp3) is 0.379. The van der Waals surface area contributed by atoms with E-state index in [1.54, 1.807) is 7.11 Å². The molecule has 1 amide bonds. The van der Waals surface area contributed by atoms with Crippen molar-refractivity contribution in [1.82, 2.24) is 30.0 Å². The molecule has 1 fully saturated rings. The van der Waals surface area contributed by atoms with E-state index in [0.717, 1.165) is 35.8 Å². The van der Waals surface area contributed by atoms with Gasteiger partial charge >= 0.3 is 0 Å². The average molecular weight is 597 g/mol. The number of amides is 1. The molecular formula is C29H33ClN6O2S2. The lowest BCUT2D eigenvalue weighted by Crippen LogP contribution is -2.39. The van der Waals surface area contributed by atoms with Gasteiger partial charge in [-0.05, 0) is 57.0 Å². The molecule has 2 aromatic carbocycles. The number of nitrogens with one attached hydrogen (secondary N) is 1. The quantitative estimate of drug-likeness (QED) is 0.160. The minimum atomic E-state index is -0.127. The maximum absolute atomic E-state index is 12.7. The molecule has 1 aliphatic heterocycles. The topological polar surface area (TPSA) is 85.2 Å². The highest BCUT2D eigenvalue weighted by Crippen LogP contribution is 2.36. The number of aromatic nitrogens is 4. The fourth-order valence-electron chi connectivity index (χ4n) is 4.88. The molecule has 0 bridgehead atoms. The van der Waals surface area contributed by atoms with Crippen molar-refractivity contribution in [2.45, 2.75) is 49.6 Å². The summed E-state index contributed by atoms with van der Waals surface area (Å²) in [5.74, 6) is 1.73. The third kappa shape index (κ3) is 6.68. The van der Waals surface area contributed by atoms with Gasteiger partial charge in [0.2, 0.25) is 0 Å². The summed E-state index contributed by atoms with van der Waals surface area (Å²) < 4.78 is 7.60. The Kier molecular flexibility index (Phi) is 9.74. The summed E-state index contributed by atoms with van der Waals surface area (Å²) in [5, 5.41) is 15.9. The zero-order valence-corrected chi connectivity index (χ0v) is 25.1. The van der Waals surface area contributed by atoms with Crippen LogP contribution in [0.15, 0.2) is 59.1 Å². The van der Waals surface area contributed by atoms with Crippen LogP contribution in [0.2, 0.25) is 5.02 Å². The van der Waals surface area contributed by atoms with Gasteiger partial charge in [0.15, 0.2) is 11.0 Å². The fourth-order valence-corrected chi connectivity index (χ4v) is 6.84. The Hall–Kier alpha value is -2.92.